The summed E-state index contributed by atoms with van der Waals surface area (Å²) in [5.74, 6) is 1.05. The summed E-state index contributed by atoms with van der Waals surface area (Å²) < 4.78 is 23.8. The van der Waals surface area contributed by atoms with Crippen LogP contribution in [0, 0.1) is 5.82 Å². The lowest BCUT2D eigenvalue weighted by molar-refractivity contribution is 0.122. The second kappa shape index (κ2) is 7.88. The summed E-state index contributed by atoms with van der Waals surface area (Å²) in [6.45, 7) is 1.33. The van der Waals surface area contributed by atoms with E-state index in [1.54, 1.807) is 32.4 Å². The molecular formula is C19H21FN2O3S. The number of nitrogens with one attached hydrogen (secondary N) is 1. The highest BCUT2D eigenvalue weighted by molar-refractivity contribution is 7.80. The molecule has 0 aromatic heterocycles. The van der Waals surface area contributed by atoms with Crippen molar-refractivity contribution in [3.05, 3.63) is 58.9 Å². The number of rotatable bonds is 4. The summed E-state index contributed by atoms with van der Waals surface area (Å²) in [6, 6.07) is 9.86. The van der Waals surface area contributed by atoms with Gasteiger partial charge in [-0.05, 0) is 42.0 Å². The molecule has 138 valence electrons. The van der Waals surface area contributed by atoms with Gasteiger partial charge in [-0.1, -0.05) is 12.1 Å². The molecule has 0 radical (unpaired) electrons. The molecule has 5 nitrogen and oxygen atoms in total. The van der Waals surface area contributed by atoms with Crippen LogP contribution >= 0.6 is 12.2 Å². The number of benzene rings is 2. The summed E-state index contributed by atoms with van der Waals surface area (Å²) in [4.78, 5) is 1.88. The zero-order chi connectivity index (χ0) is 18.7. The molecule has 3 rings (SSSR count). The van der Waals surface area contributed by atoms with Crippen LogP contribution in [0.25, 0.3) is 0 Å². The number of aliphatic hydroxyl groups excluding tert-OH is 1. The van der Waals surface area contributed by atoms with Gasteiger partial charge in [-0.2, -0.15) is 0 Å². The van der Waals surface area contributed by atoms with Gasteiger partial charge in [-0.15, -0.1) is 0 Å². The van der Waals surface area contributed by atoms with E-state index < -0.39 is 6.10 Å². The van der Waals surface area contributed by atoms with Gasteiger partial charge in [0.2, 0.25) is 0 Å². The number of hydrogen-bond donors (Lipinski definition) is 2. The topological polar surface area (TPSA) is 54.0 Å². The maximum atomic E-state index is 13.0. The van der Waals surface area contributed by atoms with E-state index in [1.165, 1.54) is 12.1 Å². The van der Waals surface area contributed by atoms with E-state index >= 15 is 0 Å². The van der Waals surface area contributed by atoms with E-state index in [4.69, 9.17) is 21.7 Å². The first-order valence-electron chi connectivity index (χ1n) is 8.22. The highest BCUT2D eigenvalue weighted by Gasteiger charge is 2.30. The minimum atomic E-state index is -0.741. The second-order valence-electron chi connectivity index (χ2n) is 6.04. The monoisotopic (exact) mass is 376 g/mol. The number of halogens is 1. The predicted molar refractivity (Wildman–Crippen MR) is 101 cm³/mol. The van der Waals surface area contributed by atoms with E-state index in [-0.39, 0.29) is 5.82 Å². The van der Waals surface area contributed by atoms with Crippen molar-refractivity contribution in [2.45, 2.75) is 19.2 Å². The van der Waals surface area contributed by atoms with E-state index in [1.807, 2.05) is 11.0 Å². The van der Waals surface area contributed by atoms with Crippen molar-refractivity contribution in [2.24, 2.45) is 0 Å². The minimum Gasteiger partial charge on any atom is -0.496 e. The highest BCUT2D eigenvalue weighted by atomic mass is 32.1. The first-order chi connectivity index (χ1) is 12.5. The number of aliphatic hydroxyl groups is 1. The Kier molecular flexibility index (Phi) is 5.58. The van der Waals surface area contributed by atoms with Crippen LogP contribution < -0.4 is 14.8 Å². The Hall–Kier alpha value is -2.38. The summed E-state index contributed by atoms with van der Waals surface area (Å²) >= 11 is 5.48. The molecule has 2 aromatic carbocycles. The number of hydrogen-bond acceptors (Lipinski definition) is 4. The molecular weight excluding hydrogens is 355 g/mol. The first-order valence-corrected chi connectivity index (χ1v) is 8.63. The normalized spacial score (nSPS) is 16.0. The Morgan fingerprint density at radius 1 is 1.19 bits per heavy atom. The summed E-state index contributed by atoms with van der Waals surface area (Å²) in [5.41, 5.74) is 2.52. The zero-order valence-electron chi connectivity index (χ0n) is 14.7. The number of ether oxygens (including phenoxy) is 2. The van der Waals surface area contributed by atoms with Gasteiger partial charge in [0.05, 0.1) is 20.8 Å². The van der Waals surface area contributed by atoms with E-state index in [0.717, 1.165) is 16.7 Å². The molecule has 0 fully saturated rings. The molecule has 1 aliphatic heterocycles. The molecule has 0 aliphatic carbocycles. The molecule has 0 saturated heterocycles. The van der Waals surface area contributed by atoms with Crippen LogP contribution in [0.4, 0.5) is 4.39 Å². The molecule has 0 amide bonds. The van der Waals surface area contributed by atoms with Crippen LogP contribution in [0.15, 0.2) is 36.4 Å². The number of nitrogens with zero attached hydrogens (tertiary/aromatic N) is 1. The molecule has 0 spiro atoms. The standard InChI is InChI=1S/C19H21FN2O3S/c1-24-16-7-8-17(25-2)18-14(16)10-22(11-15(18)23)19(26)21-9-12-3-5-13(20)6-4-12/h3-8,15,23H,9-11H2,1-2H3,(H,21,26)/t15-/m0/s1. The molecule has 0 unspecified atom stereocenters. The maximum Gasteiger partial charge on any atom is 0.169 e. The fourth-order valence-electron chi connectivity index (χ4n) is 3.12. The molecule has 1 aliphatic rings. The third-order valence-electron chi connectivity index (χ3n) is 4.43. The quantitative estimate of drug-likeness (QED) is 0.801. The van der Waals surface area contributed by atoms with Crippen LogP contribution in [0.1, 0.15) is 22.8 Å². The van der Waals surface area contributed by atoms with Gasteiger partial charge < -0.3 is 24.8 Å². The van der Waals surface area contributed by atoms with E-state index in [9.17, 15) is 9.50 Å². The Labute approximate surface area is 157 Å². The second-order valence-corrected chi connectivity index (χ2v) is 6.43. The molecule has 0 bridgehead atoms. The molecule has 2 N–H and O–H groups in total. The average molecular weight is 376 g/mol. The molecule has 1 atom stereocenters. The molecule has 2 aromatic rings. The van der Waals surface area contributed by atoms with E-state index in [2.05, 4.69) is 5.32 Å². The predicted octanol–water partition coefficient (Wildman–Crippen LogP) is 2.77. The van der Waals surface area contributed by atoms with Gasteiger partial charge in [-0.25, -0.2) is 4.39 Å². The Balaban J connectivity index is 1.75. The fourth-order valence-corrected chi connectivity index (χ4v) is 3.33. The third-order valence-corrected chi connectivity index (χ3v) is 4.84. The van der Waals surface area contributed by atoms with Crippen molar-refractivity contribution in [2.75, 3.05) is 20.8 Å². The third kappa shape index (κ3) is 3.73. The Bertz CT molecular complexity index is 798. The van der Waals surface area contributed by atoms with Crippen LogP contribution in [0.3, 0.4) is 0 Å². The van der Waals surface area contributed by atoms with Crippen molar-refractivity contribution < 1.29 is 19.0 Å². The van der Waals surface area contributed by atoms with Crippen molar-refractivity contribution in [3.8, 4) is 11.5 Å². The van der Waals surface area contributed by atoms with E-state index in [0.29, 0.717) is 36.2 Å². The van der Waals surface area contributed by atoms with Crippen molar-refractivity contribution in [3.63, 3.8) is 0 Å². The Morgan fingerprint density at radius 3 is 2.50 bits per heavy atom. The van der Waals surface area contributed by atoms with Gasteiger partial charge in [0, 0.05) is 24.2 Å². The SMILES string of the molecule is COc1ccc(OC)c2c1CN(C(=S)NCc1ccc(F)cc1)C[C@@H]2O. The Morgan fingerprint density at radius 2 is 1.85 bits per heavy atom. The van der Waals surface area contributed by atoms with Gasteiger partial charge >= 0.3 is 0 Å². The van der Waals surface area contributed by atoms with Crippen molar-refractivity contribution >= 4 is 17.3 Å². The number of thiocarbonyl (C=S) groups is 1. The molecule has 7 heteroatoms. The zero-order valence-corrected chi connectivity index (χ0v) is 15.5. The maximum absolute atomic E-state index is 13.0. The van der Waals surface area contributed by atoms with Gasteiger partial charge in [0.1, 0.15) is 23.4 Å². The smallest absolute Gasteiger partial charge is 0.169 e. The number of β-amino-alcohol motifs (C(OH)–C–C–N with tert-alkyl or cyclic N) is 1. The van der Waals surface area contributed by atoms with Crippen molar-refractivity contribution in [1.82, 2.24) is 10.2 Å². The summed E-state index contributed by atoms with van der Waals surface area (Å²) in [7, 11) is 3.18. The van der Waals surface area contributed by atoms with Crippen molar-refractivity contribution in [1.29, 1.82) is 0 Å². The highest BCUT2D eigenvalue weighted by Crippen LogP contribution is 2.39. The van der Waals surface area contributed by atoms with Crippen LogP contribution in [0.2, 0.25) is 0 Å². The lowest BCUT2D eigenvalue weighted by atomic mass is 9.95. The van der Waals surface area contributed by atoms with Gasteiger partial charge in [-0.3, -0.25) is 0 Å². The lowest BCUT2D eigenvalue weighted by Crippen LogP contribution is -2.44. The fraction of sp³-hybridized carbons (Fsp3) is 0.316. The van der Waals surface area contributed by atoms with Crippen LogP contribution in [-0.2, 0) is 13.1 Å². The first kappa shape index (κ1) is 18.4. The largest absolute Gasteiger partial charge is 0.496 e. The molecule has 26 heavy (non-hydrogen) atoms. The number of fused-ring (bicyclic) bond motifs is 1. The average Bonchev–Trinajstić information content (AvgIpc) is 2.66. The number of methoxy groups -OCH3 is 2. The molecule has 1 heterocycles. The summed E-state index contributed by atoms with van der Waals surface area (Å²) in [5, 5.41) is 14.3. The van der Waals surface area contributed by atoms with Crippen LogP contribution in [0.5, 0.6) is 11.5 Å². The van der Waals surface area contributed by atoms with Gasteiger partial charge in [0.25, 0.3) is 0 Å². The van der Waals surface area contributed by atoms with Gasteiger partial charge in [0.15, 0.2) is 5.11 Å². The summed E-state index contributed by atoms with van der Waals surface area (Å²) in [6.07, 6.45) is -0.741. The van der Waals surface area contributed by atoms with Crippen LogP contribution in [-0.4, -0.2) is 35.9 Å². The minimum absolute atomic E-state index is 0.270. The molecule has 0 saturated carbocycles. The lowest BCUT2D eigenvalue weighted by Gasteiger charge is -2.35.